The number of allylic oxidation sites excluding steroid dienone is 10. The van der Waals surface area contributed by atoms with Gasteiger partial charge in [0.05, 0.1) is 0 Å². The standard InChI is InChI=1S/C30H30/c1-5-28(16-13-26-11-9-7-6-8-10-12-26)25(4)22-27-14-17-29(18-15-27)30-20-23(2)19-24(3)21-30/h5,7-9,11-21H,4,10,22H2,1-3H3. The average molecular weight is 391 g/mol. The van der Waals surface area contributed by atoms with Gasteiger partial charge in [-0.25, -0.2) is 0 Å². The first-order valence-electron chi connectivity index (χ1n) is 10.5. The zero-order chi connectivity index (χ0) is 21.3. The highest BCUT2D eigenvalue weighted by molar-refractivity contribution is 5.65. The molecule has 0 heteroatoms. The van der Waals surface area contributed by atoms with E-state index >= 15 is 0 Å². The third kappa shape index (κ3) is 6.08. The first kappa shape index (κ1) is 21.4. The van der Waals surface area contributed by atoms with Crippen molar-refractivity contribution in [3.8, 4) is 11.1 Å². The average Bonchev–Trinajstić information content (AvgIpc) is 2.69. The molecule has 0 bridgehead atoms. The van der Waals surface area contributed by atoms with Gasteiger partial charge in [-0.05, 0) is 79.2 Å². The van der Waals surface area contributed by atoms with Gasteiger partial charge in [0, 0.05) is 0 Å². The lowest BCUT2D eigenvalue weighted by atomic mass is 9.95. The van der Waals surface area contributed by atoms with E-state index in [9.17, 15) is 0 Å². The zero-order valence-electron chi connectivity index (χ0n) is 18.3. The molecule has 0 unspecified atom stereocenters. The molecule has 2 aromatic carbocycles. The van der Waals surface area contributed by atoms with E-state index in [-0.39, 0.29) is 0 Å². The fraction of sp³-hybridized carbons (Fsp3) is 0.167. The van der Waals surface area contributed by atoms with E-state index in [1.165, 1.54) is 39.0 Å². The third-order valence-corrected chi connectivity index (χ3v) is 5.17. The second kappa shape index (κ2) is 10.4. The lowest BCUT2D eigenvalue weighted by Gasteiger charge is -2.10. The molecule has 2 aromatic rings. The minimum absolute atomic E-state index is 0.845. The Balaban J connectivity index is 1.68. The normalized spacial score (nSPS) is 14.0. The summed E-state index contributed by atoms with van der Waals surface area (Å²) < 4.78 is 0. The van der Waals surface area contributed by atoms with Crippen LogP contribution in [0.1, 0.15) is 30.0 Å². The van der Waals surface area contributed by atoms with Gasteiger partial charge in [-0.2, -0.15) is 0 Å². The van der Waals surface area contributed by atoms with Crippen LogP contribution in [0.25, 0.3) is 11.1 Å². The number of hydrogen-bond acceptors (Lipinski definition) is 0. The van der Waals surface area contributed by atoms with Gasteiger partial charge in [-0.15, -0.1) is 5.73 Å². The van der Waals surface area contributed by atoms with Crippen LogP contribution in [-0.4, -0.2) is 0 Å². The summed E-state index contributed by atoms with van der Waals surface area (Å²) in [5.74, 6) is 0. The monoisotopic (exact) mass is 390 g/mol. The fourth-order valence-corrected chi connectivity index (χ4v) is 3.65. The predicted molar refractivity (Wildman–Crippen MR) is 132 cm³/mol. The number of hydrogen-bond donors (Lipinski definition) is 0. The summed E-state index contributed by atoms with van der Waals surface area (Å²) in [6.45, 7) is 10.7. The van der Waals surface area contributed by atoms with Gasteiger partial charge in [0.2, 0.25) is 0 Å². The van der Waals surface area contributed by atoms with Crippen LogP contribution in [0.15, 0.2) is 120 Å². The van der Waals surface area contributed by atoms with E-state index in [4.69, 9.17) is 0 Å². The third-order valence-electron chi connectivity index (χ3n) is 5.17. The maximum atomic E-state index is 4.34. The van der Waals surface area contributed by atoms with E-state index in [0.29, 0.717) is 0 Å². The first-order chi connectivity index (χ1) is 14.5. The minimum atomic E-state index is 0.845. The summed E-state index contributed by atoms with van der Waals surface area (Å²) in [5, 5.41) is 0. The van der Waals surface area contributed by atoms with Crippen molar-refractivity contribution in [1.82, 2.24) is 0 Å². The minimum Gasteiger partial charge on any atom is -0.125 e. The summed E-state index contributed by atoms with van der Waals surface area (Å²) in [7, 11) is 0. The van der Waals surface area contributed by atoms with Gasteiger partial charge in [-0.3, -0.25) is 0 Å². The molecule has 0 heterocycles. The number of aryl methyl sites for hydroxylation is 2. The van der Waals surface area contributed by atoms with Crippen molar-refractivity contribution in [3.63, 3.8) is 0 Å². The highest BCUT2D eigenvalue weighted by Crippen LogP contribution is 2.24. The van der Waals surface area contributed by atoms with Crippen molar-refractivity contribution in [3.05, 3.63) is 137 Å². The summed E-state index contributed by atoms with van der Waals surface area (Å²) in [4.78, 5) is 0. The molecule has 1 aliphatic carbocycles. The van der Waals surface area contributed by atoms with Crippen molar-refractivity contribution >= 4 is 0 Å². The Morgan fingerprint density at radius 2 is 1.77 bits per heavy atom. The molecular formula is C30H30. The van der Waals surface area contributed by atoms with Gasteiger partial charge in [0.25, 0.3) is 0 Å². The maximum Gasteiger partial charge on any atom is -0.00258 e. The van der Waals surface area contributed by atoms with Crippen molar-refractivity contribution < 1.29 is 0 Å². The Bertz CT molecular complexity index is 1070. The van der Waals surface area contributed by atoms with Crippen molar-refractivity contribution in [1.29, 1.82) is 0 Å². The highest BCUT2D eigenvalue weighted by Gasteiger charge is 2.04. The molecule has 30 heavy (non-hydrogen) atoms. The second-order valence-corrected chi connectivity index (χ2v) is 7.77. The van der Waals surface area contributed by atoms with Crippen LogP contribution >= 0.6 is 0 Å². The molecule has 0 aromatic heterocycles. The Morgan fingerprint density at radius 1 is 1.03 bits per heavy atom. The fourth-order valence-electron chi connectivity index (χ4n) is 3.65. The smallest absolute Gasteiger partial charge is 0.00258 e. The molecule has 0 amide bonds. The van der Waals surface area contributed by atoms with E-state index in [1.54, 1.807) is 0 Å². The van der Waals surface area contributed by atoms with Crippen LogP contribution in [0, 0.1) is 13.8 Å². The van der Waals surface area contributed by atoms with Crippen molar-refractivity contribution in [2.75, 3.05) is 0 Å². The molecular weight excluding hydrogens is 360 g/mol. The molecule has 1 aliphatic rings. The lowest BCUT2D eigenvalue weighted by molar-refractivity contribution is 1.17. The molecule has 0 aliphatic heterocycles. The molecule has 0 N–H and O–H groups in total. The first-order valence-corrected chi connectivity index (χ1v) is 10.5. The molecule has 0 nitrogen and oxygen atoms in total. The SMILES string of the molecule is C=C(Cc1ccc(-c2cc(C)cc(C)c2)cc1)C(C=CC1=CCC=C=CC=C1)=CC. The van der Waals surface area contributed by atoms with Crippen LogP contribution in [0.3, 0.4) is 0 Å². The molecule has 0 radical (unpaired) electrons. The van der Waals surface area contributed by atoms with E-state index in [1.807, 2.05) is 18.2 Å². The Morgan fingerprint density at radius 3 is 2.47 bits per heavy atom. The Labute approximate surface area is 181 Å². The molecule has 0 atom stereocenters. The zero-order valence-corrected chi connectivity index (χ0v) is 18.3. The molecule has 0 saturated heterocycles. The Kier molecular flexibility index (Phi) is 7.44. The van der Waals surface area contributed by atoms with Gasteiger partial charge < -0.3 is 0 Å². The van der Waals surface area contributed by atoms with Gasteiger partial charge >= 0.3 is 0 Å². The van der Waals surface area contributed by atoms with Crippen molar-refractivity contribution in [2.24, 2.45) is 0 Å². The molecule has 150 valence electrons. The number of benzene rings is 2. The molecule has 0 saturated carbocycles. The lowest BCUT2D eigenvalue weighted by Crippen LogP contribution is -1.92. The number of rotatable bonds is 6. The summed E-state index contributed by atoms with van der Waals surface area (Å²) in [6, 6.07) is 15.6. The highest BCUT2D eigenvalue weighted by atomic mass is 14.1. The van der Waals surface area contributed by atoms with Crippen LogP contribution in [0.4, 0.5) is 0 Å². The topological polar surface area (TPSA) is 0 Å². The summed E-state index contributed by atoms with van der Waals surface area (Å²) >= 11 is 0. The summed E-state index contributed by atoms with van der Waals surface area (Å²) in [5.41, 5.74) is 13.0. The largest absolute Gasteiger partial charge is 0.125 e. The van der Waals surface area contributed by atoms with Crippen LogP contribution < -0.4 is 0 Å². The van der Waals surface area contributed by atoms with E-state index < -0.39 is 0 Å². The van der Waals surface area contributed by atoms with E-state index in [2.05, 4.69) is 106 Å². The molecule has 0 fully saturated rings. The van der Waals surface area contributed by atoms with Crippen LogP contribution in [-0.2, 0) is 6.42 Å². The van der Waals surface area contributed by atoms with Gasteiger partial charge in [-0.1, -0.05) is 96.6 Å². The van der Waals surface area contributed by atoms with Gasteiger partial charge in [0.15, 0.2) is 0 Å². The van der Waals surface area contributed by atoms with Gasteiger partial charge in [0.1, 0.15) is 0 Å². The van der Waals surface area contributed by atoms with Crippen molar-refractivity contribution in [2.45, 2.75) is 33.6 Å². The van der Waals surface area contributed by atoms with E-state index in [0.717, 1.165) is 18.4 Å². The molecule has 0 spiro atoms. The van der Waals surface area contributed by atoms with Crippen LogP contribution in [0.2, 0.25) is 0 Å². The van der Waals surface area contributed by atoms with Crippen LogP contribution in [0.5, 0.6) is 0 Å². The Hall–Kier alpha value is -3.34. The second-order valence-electron chi connectivity index (χ2n) is 7.77. The quantitative estimate of drug-likeness (QED) is 0.345. The predicted octanol–water partition coefficient (Wildman–Crippen LogP) is 8.17. The molecule has 3 rings (SSSR count). The maximum absolute atomic E-state index is 4.34. The summed E-state index contributed by atoms with van der Waals surface area (Å²) in [6.07, 6.45) is 18.5.